The molecule has 6 nitrogen and oxygen atoms in total. The highest BCUT2D eigenvalue weighted by molar-refractivity contribution is 5.76. The maximum Gasteiger partial charge on any atom is 0.231 e. The predicted octanol–water partition coefficient (Wildman–Crippen LogP) is 2.40. The standard InChI is InChI=1S/C21H25N3O3/c1-16-3-2-8-22-18(16)14-23-9-11-24(12-10-23)21(25)7-5-17-4-6-19-20(13-17)27-15-26-19/h2-4,6,8,13H,5,7,9-12,14-15H2,1H3. The second kappa shape index (κ2) is 7.96. The van der Waals surface area contributed by atoms with E-state index >= 15 is 0 Å². The molecule has 0 unspecified atom stereocenters. The van der Waals surface area contributed by atoms with Crippen LogP contribution in [0.4, 0.5) is 0 Å². The Hall–Kier alpha value is -2.60. The number of benzene rings is 1. The van der Waals surface area contributed by atoms with Gasteiger partial charge in [0.25, 0.3) is 0 Å². The number of carbonyl (C=O) groups is 1. The van der Waals surface area contributed by atoms with E-state index in [-0.39, 0.29) is 12.7 Å². The predicted molar refractivity (Wildman–Crippen MR) is 102 cm³/mol. The largest absolute Gasteiger partial charge is 0.454 e. The minimum absolute atomic E-state index is 0.223. The molecule has 1 aromatic carbocycles. The molecular formula is C21H25N3O3. The third kappa shape index (κ3) is 4.22. The molecule has 6 heteroatoms. The van der Waals surface area contributed by atoms with Gasteiger partial charge >= 0.3 is 0 Å². The molecule has 1 fully saturated rings. The number of carbonyl (C=O) groups excluding carboxylic acids is 1. The normalized spacial score (nSPS) is 16.6. The van der Waals surface area contributed by atoms with Gasteiger partial charge in [0.05, 0.1) is 5.69 Å². The Morgan fingerprint density at radius 1 is 1.11 bits per heavy atom. The van der Waals surface area contributed by atoms with Crippen LogP contribution in [0.15, 0.2) is 36.5 Å². The van der Waals surface area contributed by atoms with E-state index in [1.807, 2.05) is 35.4 Å². The fourth-order valence-corrected chi connectivity index (χ4v) is 3.56. The van der Waals surface area contributed by atoms with Crippen molar-refractivity contribution in [3.05, 3.63) is 53.3 Å². The van der Waals surface area contributed by atoms with E-state index in [1.54, 1.807) is 0 Å². The molecule has 1 amide bonds. The Kier molecular flexibility index (Phi) is 5.25. The van der Waals surface area contributed by atoms with Gasteiger partial charge in [-0.05, 0) is 42.7 Å². The molecule has 1 aromatic heterocycles. The monoisotopic (exact) mass is 367 g/mol. The molecule has 2 aliphatic heterocycles. The molecule has 2 aromatic rings. The summed E-state index contributed by atoms with van der Waals surface area (Å²) in [6.45, 7) is 6.58. The third-order valence-electron chi connectivity index (χ3n) is 5.28. The maximum absolute atomic E-state index is 12.6. The number of rotatable bonds is 5. The van der Waals surface area contributed by atoms with E-state index in [1.165, 1.54) is 5.56 Å². The number of fused-ring (bicyclic) bond motifs is 1. The van der Waals surface area contributed by atoms with E-state index in [2.05, 4.69) is 22.9 Å². The van der Waals surface area contributed by atoms with Crippen LogP contribution in [0.25, 0.3) is 0 Å². The Morgan fingerprint density at radius 2 is 1.93 bits per heavy atom. The number of aromatic nitrogens is 1. The van der Waals surface area contributed by atoms with Gasteiger partial charge < -0.3 is 14.4 Å². The average molecular weight is 367 g/mol. The second-order valence-electron chi connectivity index (χ2n) is 7.11. The molecule has 0 radical (unpaired) electrons. The molecule has 3 heterocycles. The quantitative estimate of drug-likeness (QED) is 0.812. The van der Waals surface area contributed by atoms with Crippen LogP contribution in [0.5, 0.6) is 11.5 Å². The van der Waals surface area contributed by atoms with Crippen LogP contribution in [0.3, 0.4) is 0 Å². The molecule has 1 saturated heterocycles. The Balaban J connectivity index is 1.24. The van der Waals surface area contributed by atoms with Crippen LogP contribution in [0.1, 0.15) is 23.2 Å². The lowest BCUT2D eigenvalue weighted by Crippen LogP contribution is -2.48. The summed E-state index contributed by atoms with van der Waals surface area (Å²) in [7, 11) is 0. The molecule has 0 bridgehead atoms. The number of hydrogen-bond acceptors (Lipinski definition) is 5. The van der Waals surface area contributed by atoms with Crippen LogP contribution >= 0.6 is 0 Å². The summed E-state index contributed by atoms with van der Waals surface area (Å²) in [6.07, 6.45) is 3.10. The molecule has 4 rings (SSSR count). The zero-order chi connectivity index (χ0) is 18.6. The summed E-state index contributed by atoms with van der Waals surface area (Å²) in [4.78, 5) is 21.4. The Morgan fingerprint density at radius 3 is 2.74 bits per heavy atom. The molecule has 0 N–H and O–H groups in total. The SMILES string of the molecule is Cc1cccnc1CN1CCN(C(=O)CCc2ccc3c(c2)OCO3)CC1. The van der Waals surface area contributed by atoms with Gasteiger partial charge in [0.15, 0.2) is 11.5 Å². The summed E-state index contributed by atoms with van der Waals surface area (Å²) in [5.74, 6) is 1.78. The highest BCUT2D eigenvalue weighted by Gasteiger charge is 2.22. The number of pyridine rings is 1. The topological polar surface area (TPSA) is 54.9 Å². The highest BCUT2D eigenvalue weighted by atomic mass is 16.7. The number of aryl methyl sites for hydroxylation is 2. The summed E-state index contributed by atoms with van der Waals surface area (Å²) in [5.41, 5.74) is 3.46. The van der Waals surface area contributed by atoms with Crippen LogP contribution in [0.2, 0.25) is 0 Å². The van der Waals surface area contributed by atoms with Crippen molar-refractivity contribution in [2.75, 3.05) is 33.0 Å². The van der Waals surface area contributed by atoms with Gasteiger partial charge in [-0.3, -0.25) is 14.7 Å². The van der Waals surface area contributed by atoms with Crippen molar-refractivity contribution < 1.29 is 14.3 Å². The number of ether oxygens (including phenoxy) is 2. The van der Waals surface area contributed by atoms with Gasteiger partial charge in [0.1, 0.15) is 0 Å². The van der Waals surface area contributed by atoms with E-state index in [4.69, 9.17) is 9.47 Å². The molecule has 142 valence electrons. The fourth-order valence-electron chi connectivity index (χ4n) is 3.56. The molecule has 0 spiro atoms. The summed E-state index contributed by atoms with van der Waals surface area (Å²) in [6, 6.07) is 9.96. The molecule has 0 saturated carbocycles. The number of hydrogen-bond donors (Lipinski definition) is 0. The van der Waals surface area contributed by atoms with Gasteiger partial charge in [-0.25, -0.2) is 0 Å². The van der Waals surface area contributed by atoms with E-state index in [9.17, 15) is 4.79 Å². The van der Waals surface area contributed by atoms with Gasteiger partial charge in [-0.2, -0.15) is 0 Å². The van der Waals surface area contributed by atoms with E-state index < -0.39 is 0 Å². The zero-order valence-electron chi connectivity index (χ0n) is 15.7. The summed E-state index contributed by atoms with van der Waals surface area (Å²) >= 11 is 0. The van der Waals surface area contributed by atoms with Crippen molar-refractivity contribution in [1.29, 1.82) is 0 Å². The van der Waals surface area contributed by atoms with Gasteiger partial charge in [0.2, 0.25) is 12.7 Å². The minimum Gasteiger partial charge on any atom is -0.454 e. The number of nitrogens with zero attached hydrogens (tertiary/aromatic N) is 3. The zero-order valence-corrected chi connectivity index (χ0v) is 15.7. The first-order valence-corrected chi connectivity index (χ1v) is 9.48. The Labute approximate surface area is 159 Å². The van der Waals surface area contributed by atoms with Crippen molar-refractivity contribution in [2.24, 2.45) is 0 Å². The van der Waals surface area contributed by atoms with Crippen LogP contribution in [-0.4, -0.2) is 53.7 Å². The van der Waals surface area contributed by atoms with Gasteiger partial charge in [0, 0.05) is 45.3 Å². The summed E-state index contributed by atoms with van der Waals surface area (Å²) < 4.78 is 10.7. The lowest BCUT2D eigenvalue weighted by Gasteiger charge is -2.34. The van der Waals surface area contributed by atoms with E-state index in [0.29, 0.717) is 6.42 Å². The molecule has 0 atom stereocenters. The van der Waals surface area contributed by atoms with Crippen molar-refractivity contribution in [3.8, 4) is 11.5 Å². The molecule has 0 aliphatic carbocycles. The van der Waals surface area contributed by atoms with Gasteiger partial charge in [-0.15, -0.1) is 0 Å². The lowest BCUT2D eigenvalue weighted by atomic mass is 10.1. The maximum atomic E-state index is 12.6. The average Bonchev–Trinajstić information content (AvgIpc) is 3.16. The van der Waals surface area contributed by atoms with Crippen LogP contribution < -0.4 is 9.47 Å². The van der Waals surface area contributed by atoms with Crippen LogP contribution in [-0.2, 0) is 17.8 Å². The first-order chi connectivity index (χ1) is 13.2. The molecule has 27 heavy (non-hydrogen) atoms. The number of amides is 1. The molecular weight excluding hydrogens is 342 g/mol. The smallest absolute Gasteiger partial charge is 0.231 e. The van der Waals surface area contributed by atoms with Crippen molar-refractivity contribution >= 4 is 5.91 Å². The van der Waals surface area contributed by atoms with Crippen molar-refractivity contribution in [3.63, 3.8) is 0 Å². The first kappa shape index (κ1) is 17.8. The third-order valence-corrected chi connectivity index (χ3v) is 5.28. The second-order valence-corrected chi connectivity index (χ2v) is 7.11. The van der Waals surface area contributed by atoms with Gasteiger partial charge in [-0.1, -0.05) is 12.1 Å². The minimum atomic E-state index is 0.223. The fraction of sp³-hybridized carbons (Fsp3) is 0.429. The highest BCUT2D eigenvalue weighted by Crippen LogP contribution is 2.32. The summed E-state index contributed by atoms with van der Waals surface area (Å²) in [5, 5.41) is 0. The van der Waals surface area contributed by atoms with Crippen LogP contribution in [0, 0.1) is 6.92 Å². The van der Waals surface area contributed by atoms with E-state index in [0.717, 1.165) is 61.9 Å². The van der Waals surface area contributed by atoms with Crippen molar-refractivity contribution in [2.45, 2.75) is 26.3 Å². The number of piperazine rings is 1. The Bertz CT molecular complexity index is 816. The molecule has 2 aliphatic rings. The first-order valence-electron chi connectivity index (χ1n) is 9.48. The lowest BCUT2D eigenvalue weighted by molar-refractivity contribution is -0.133. The van der Waals surface area contributed by atoms with Crippen molar-refractivity contribution in [1.82, 2.24) is 14.8 Å².